The molecule has 1 aromatic carbocycles. The van der Waals surface area contributed by atoms with Crippen molar-refractivity contribution in [2.45, 2.75) is 40.5 Å². The van der Waals surface area contributed by atoms with E-state index in [0.717, 1.165) is 25.0 Å². The van der Waals surface area contributed by atoms with Gasteiger partial charge < -0.3 is 5.32 Å². The zero-order valence-corrected chi connectivity index (χ0v) is 13.9. The molecule has 1 N–H and O–H groups in total. The summed E-state index contributed by atoms with van der Waals surface area (Å²) in [6.45, 7) is 11.4. The molecule has 2 nitrogen and oxygen atoms in total. The Kier molecular flexibility index (Phi) is 5.17. The third-order valence-corrected chi connectivity index (χ3v) is 4.86. The van der Waals surface area contributed by atoms with Crippen LogP contribution in [0.3, 0.4) is 0 Å². The molecule has 0 saturated carbocycles. The van der Waals surface area contributed by atoms with Crippen molar-refractivity contribution in [2.75, 3.05) is 13.1 Å². The molecule has 0 amide bonds. The van der Waals surface area contributed by atoms with Crippen molar-refractivity contribution < 1.29 is 0 Å². The minimum atomic E-state index is 0.304. The molecular formula is C17H26N2S. The lowest BCUT2D eigenvalue weighted by Gasteiger charge is -2.30. The second-order valence-electron chi connectivity index (χ2n) is 6.55. The van der Waals surface area contributed by atoms with Crippen molar-refractivity contribution in [3.63, 3.8) is 0 Å². The summed E-state index contributed by atoms with van der Waals surface area (Å²) >= 11 is 1.84. The molecule has 2 aromatic rings. The van der Waals surface area contributed by atoms with Gasteiger partial charge in [-0.25, -0.2) is 4.98 Å². The lowest BCUT2D eigenvalue weighted by atomic mass is 9.79. The zero-order valence-electron chi connectivity index (χ0n) is 13.1. The Labute approximate surface area is 126 Å². The molecule has 1 atom stereocenters. The van der Waals surface area contributed by atoms with Crippen LogP contribution >= 0.6 is 11.3 Å². The van der Waals surface area contributed by atoms with Crippen LogP contribution < -0.4 is 5.32 Å². The predicted octanol–water partition coefficient (Wildman–Crippen LogP) is 4.50. The topological polar surface area (TPSA) is 24.9 Å². The van der Waals surface area contributed by atoms with Gasteiger partial charge >= 0.3 is 0 Å². The van der Waals surface area contributed by atoms with Crippen molar-refractivity contribution in [3.05, 3.63) is 29.3 Å². The second kappa shape index (κ2) is 6.68. The highest BCUT2D eigenvalue weighted by atomic mass is 32.1. The molecule has 0 aliphatic rings. The average molecular weight is 290 g/mol. The highest BCUT2D eigenvalue weighted by Crippen LogP contribution is 2.31. The molecule has 0 bridgehead atoms. The maximum Gasteiger partial charge on any atom is 0.0942 e. The average Bonchev–Trinajstić information content (AvgIpc) is 2.79. The number of thiazole rings is 1. The number of benzene rings is 1. The molecule has 110 valence electrons. The number of nitrogens with one attached hydrogen (secondary N) is 1. The summed E-state index contributed by atoms with van der Waals surface area (Å²) in [5.74, 6) is 0.620. The molecule has 0 aliphatic heterocycles. The van der Waals surface area contributed by atoms with Crippen molar-refractivity contribution in [3.8, 4) is 0 Å². The number of nitrogens with zero attached hydrogens (tertiary/aromatic N) is 1. The van der Waals surface area contributed by atoms with Gasteiger partial charge in [0.25, 0.3) is 0 Å². The van der Waals surface area contributed by atoms with Crippen molar-refractivity contribution in [2.24, 2.45) is 11.3 Å². The Morgan fingerprint density at radius 1 is 1.25 bits per heavy atom. The summed E-state index contributed by atoms with van der Waals surface area (Å²) in [5, 5.41) is 4.84. The van der Waals surface area contributed by atoms with Crippen LogP contribution in [-0.4, -0.2) is 18.1 Å². The fraction of sp³-hybridized carbons (Fsp3) is 0.588. The van der Waals surface area contributed by atoms with Gasteiger partial charge in [-0.1, -0.05) is 39.8 Å². The van der Waals surface area contributed by atoms with Crippen LogP contribution in [0.5, 0.6) is 0 Å². The van der Waals surface area contributed by atoms with E-state index in [1.54, 1.807) is 0 Å². The summed E-state index contributed by atoms with van der Waals surface area (Å²) in [5.41, 5.74) is 1.44. The minimum absolute atomic E-state index is 0.304. The Balaban J connectivity index is 2.10. The number of hydrogen-bond acceptors (Lipinski definition) is 3. The van der Waals surface area contributed by atoms with Gasteiger partial charge in [0.05, 0.1) is 15.2 Å². The Morgan fingerprint density at radius 3 is 2.65 bits per heavy atom. The van der Waals surface area contributed by atoms with Crippen molar-refractivity contribution >= 4 is 21.6 Å². The van der Waals surface area contributed by atoms with E-state index < -0.39 is 0 Å². The molecule has 0 spiro atoms. The van der Waals surface area contributed by atoms with Crippen LogP contribution in [0.15, 0.2) is 24.3 Å². The molecule has 2 rings (SSSR count). The molecule has 3 heteroatoms. The number of fused-ring (bicyclic) bond motifs is 1. The smallest absolute Gasteiger partial charge is 0.0942 e. The number of rotatable bonds is 6. The lowest BCUT2D eigenvalue weighted by molar-refractivity contribution is 0.231. The monoisotopic (exact) mass is 290 g/mol. The summed E-state index contributed by atoms with van der Waals surface area (Å²) in [7, 11) is 0. The van der Waals surface area contributed by atoms with E-state index in [0.29, 0.717) is 11.3 Å². The molecule has 1 heterocycles. The normalized spacial score (nSPS) is 13.8. The lowest BCUT2D eigenvalue weighted by Crippen LogP contribution is -2.33. The fourth-order valence-corrected chi connectivity index (χ4v) is 3.40. The van der Waals surface area contributed by atoms with Gasteiger partial charge in [-0.2, -0.15) is 0 Å². The standard InChI is InChI=1S/C17H26N2S/c1-5-10-18-12-13(17(2,3)4)11-16-19-14-8-6-7-9-15(14)20-16/h6-9,13,18H,5,10-12H2,1-4H3. The van der Waals surface area contributed by atoms with Crippen molar-refractivity contribution in [1.29, 1.82) is 0 Å². The van der Waals surface area contributed by atoms with Crippen LogP contribution in [0.1, 0.15) is 39.1 Å². The Bertz CT molecular complexity index is 506. The van der Waals surface area contributed by atoms with Gasteiger partial charge in [0.1, 0.15) is 0 Å². The third kappa shape index (κ3) is 4.03. The molecule has 0 radical (unpaired) electrons. The highest BCUT2D eigenvalue weighted by Gasteiger charge is 2.25. The molecule has 0 fully saturated rings. The van der Waals surface area contributed by atoms with E-state index in [4.69, 9.17) is 4.98 Å². The Morgan fingerprint density at radius 2 is 2.00 bits per heavy atom. The molecule has 0 saturated heterocycles. The molecule has 1 aromatic heterocycles. The van der Waals surface area contributed by atoms with Crippen molar-refractivity contribution in [1.82, 2.24) is 10.3 Å². The van der Waals surface area contributed by atoms with E-state index in [9.17, 15) is 0 Å². The van der Waals surface area contributed by atoms with E-state index in [2.05, 4.69) is 57.3 Å². The van der Waals surface area contributed by atoms with Gasteiger partial charge in [-0.3, -0.25) is 0 Å². The predicted molar refractivity (Wildman–Crippen MR) is 89.4 cm³/mol. The molecule has 0 aliphatic carbocycles. The van der Waals surface area contributed by atoms with Gasteiger partial charge in [0, 0.05) is 6.42 Å². The first-order valence-electron chi connectivity index (χ1n) is 7.56. The van der Waals surface area contributed by atoms with Crippen LogP contribution in [0, 0.1) is 11.3 Å². The van der Waals surface area contributed by atoms with E-state index in [1.165, 1.54) is 16.1 Å². The van der Waals surface area contributed by atoms with Gasteiger partial charge in [0.15, 0.2) is 0 Å². The SMILES string of the molecule is CCCNCC(Cc1nc2ccccc2s1)C(C)(C)C. The summed E-state index contributed by atoms with van der Waals surface area (Å²) in [4.78, 5) is 4.79. The fourth-order valence-electron chi connectivity index (χ4n) is 2.36. The maximum absolute atomic E-state index is 4.79. The summed E-state index contributed by atoms with van der Waals surface area (Å²) in [6, 6.07) is 8.43. The number of para-hydroxylation sites is 1. The first kappa shape index (κ1) is 15.5. The van der Waals surface area contributed by atoms with Crippen LogP contribution in [0.25, 0.3) is 10.2 Å². The van der Waals surface area contributed by atoms with Gasteiger partial charge in [0.2, 0.25) is 0 Å². The Hall–Kier alpha value is -0.930. The quantitative estimate of drug-likeness (QED) is 0.792. The van der Waals surface area contributed by atoms with Gasteiger partial charge in [-0.05, 0) is 43.0 Å². The summed E-state index contributed by atoms with van der Waals surface area (Å²) < 4.78 is 1.30. The van der Waals surface area contributed by atoms with E-state index in [1.807, 2.05) is 11.3 Å². The molecular weight excluding hydrogens is 264 g/mol. The molecule has 20 heavy (non-hydrogen) atoms. The minimum Gasteiger partial charge on any atom is -0.316 e. The van der Waals surface area contributed by atoms with Gasteiger partial charge in [-0.15, -0.1) is 11.3 Å². The van der Waals surface area contributed by atoms with Crippen LogP contribution in [0.4, 0.5) is 0 Å². The molecule has 1 unspecified atom stereocenters. The highest BCUT2D eigenvalue weighted by molar-refractivity contribution is 7.18. The maximum atomic E-state index is 4.79. The van der Waals surface area contributed by atoms with E-state index in [-0.39, 0.29) is 0 Å². The summed E-state index contributed by atoms with van der Waals surface area (Å²) in [6.07, 6.45) is 2.26. The van der Waals surface area contributed by atoms with E-state index >= 15 is 0 Å². The first-order chi connectivity index (χ1) is 9.50. The number of aromatic nitrogens is 1. The van der Waals surface area contributed by atoms with Crippen LogP contribution in [0.2, 0.25) is 0 Å². The second-order valence-corrected chi connectivity index (χ2v) is 7.66. The zero-order chi connectivity index (χ0) is 14.6. The van der Waals surface area contributed by atoms with Crippen LogP contribution in [-0.2, 0) is 6.42 Å². The first-order valence-corrected chi connectivity index (χ1v) is 8.37. The largest absolute Gasteiger partial charge is 0.316 e. The third-order valence-electron chi connectivity index (χ3n) is 3.80. The number of hydrogen-bond donors (Lipinski definition) is 1.